The highest BCUT2D eigenvalue weighted by molar-refractivity contribution is 7.46. The molecule has 0 bridgehead atoms. The van der Waals surface area contributed by atoms with Crippen LogP contribution in [-0.2, 0) is 28.2 Å². The van der Waals surface area contributed by atoms with Gasteiger partial charge in [0.15, 0.2) is 6.10 Å². The Morgan fingerprint density at radius 3 is 1.42 bits per heavy atom. The Kier molecular flexibility index (Phi) is 23.7. The second kappa shape index (κ2) is 24.4. The summed E-state index contributed by atoms with van der Waals surface area (Å²) in [6, 6.07) is 0. The maximum atomic E-state index is 12.2. The number of phosphoric ester groups is 1. The maximum Gasteiger partial charge on any atom is 0.469 e. The summed E-state index contributed by atoms with van der Waals surface area (Å²) in [5.74, 6) is -0.895. The van der Waals surface area contributed by atoms with Gasteiger partial charge in [0.05, 0.1) is 6.61 Å². The molecule has 0 aromatic heterocycles. The van der Waals surface area contributed by atoms with Gasteiger partial charge in [0.1, 0.15) is 6.61 Å². The molecule has 0 amide bonds. The van der Waals surface area contributed by atoms with E-state index in [4.69, 9.17) is 19.3 Å². The van der Waals surface area contributed by atoms with Crippen LogP contribution < -0.4 is 0 Å². The lowest BCUT2D eigenvalue weighted by atomic mass is 10.0. The van der Waals surface area contributed by atoms with Crippen LogP contribution in [0.15, 0.2) is 0 Å². The quantitative estimate of drug-likeness (QED) is 0.0667. The molecule has 0 saturated carbocycles. The molecule has 2 N–H and O–H groups in total. The number of phosphoric acid groups is 1. The largest absolute Gasteiger partial charge is 0.469 e. The molecule has 9 heteroatoms. The first-order valence-corrected chi connectivity index (χ1v) is 15.9. The molecule has 0 aliphatic heterocycles. The molecule has 0 spiro atoms. The van der Waals surface area contributed by atoms with Crippen molar-refractivity contribution >= 4 is 19.8 Å². The molecule has 1 atom stereocenters. The van der Waals surface area contributed by atoms with Gasteiger partial charge in [-0.05, 0) is 12.8 Å². The van der Waals surface area contributed by atoms with Crippen LogP contribution in [0.2, 0.25) is 0 Å². The molecule has 0 heterocycles. The third-order valence-electron chi connectivity index (χ3n) is 6.13. The lowest BCUT2D eigenvalue weighted by Gasteiger charge is -2.18. The third kappa shape index (κ3) is 26.1. The average Bonchev–Trinajstić information content (AvgIpc) is 2.83. The summed E-state index contributed by atoms with van der Waals surface area (Å²) < 4.78 is 25.9. The number of rotatable bonds is 26. The fourth-order valence-corrected chi connectivity index (χ4v) is 4.32. The number of ether oxygens (including phenoxy) is 2. The predicted octanol–water partition coefficient (Wildman–Crippen LogP) is 7.39. The van der Waals surface area contributed by atoms with Crippen molar-refractivity contribution in [2.45, 2.75) is 148 Å². The van der Waals surface area contributed by atoms with Gasteiger partial charge in [-0.2, -0.15) is 0 Å². The van der Waals surface area contributed by atoms with Crippen LogP contribution in [0.4, 0.5) is 0 Å². The maximum absolute atomic E-state index is 12.2. The van der Waals surface area contributed by atoms with Crippen LogP contribution in [0.1, 0.15) is 142 Å². The van der Waals surface area contributed by atoms with Gasteiger partial charge < -0.3 is 19.3 Å². The van der Waals surface area contributed by atoms with Crippen molar-refractivity contribution in [3.8, 4) is 0 Å². The first-order chi connectivity index (χ1) is 17.3. The zero-order chi connectivity index (χ0) is 26.9. The number of unbranched alkanes of at least 4 members (excludes halogenated alkanes) is 16. The molecule has 0 unspecified atom stereocenters. The van der Waals surface area contributed by atoms with E-state index in [1.54, 1.807) is 0 Å². The first-order valence-electron chi connectivity index (χ1n) is 14.3. The summed E-state index contributed by atoms with van der Waals surface area (Å²) in [5, 5.41) is 0. The lowest BCUT2D eigenvalue weighted by molar-refractivity contribution is -0.161. The summed E-state index contributed by atoms with van der Waals surface area (Å²) in [6.45, 7) is 3.55. The van der Waals surface area contributed by atoms with Gasteiger partial charge in [-0.1, -0.05) is 117 Å². The van der Waals surface area contributed by atoms with E-state index in [-0.39, 0.29) is 19.4 Å². The lowest BCUT2D eigenvalue weighted by Crippen LogP contribution is -2.29. The van der Waals surface area contributed by atoms with Crippen molar-refractivity contribution in [3.63, 3.8) is 0 Å². The topological polar surface area (TPSA) is 119 Å². The number of carbonyl (C=O) groups excluding carboxylic acids is 2. The molecule has 0 aromatic rings. The molecule has 0 aliphatic carbocycles. The Morgan fingerprint density at radius 1 is 0.611 bits per heavy atom. The SMILES string of the molecule is CCCCCCCCCCCCCCCC(=O)O[C@H](COC(=O)CCCCCCC)COP(=O)(O)O. The summed E-state index contributed by atoms with van der Waals surface area (Å²) >= 11 is 0. The van der Waals surface area contributed by atoms with E-state index in [1.807, 2.05) is 0 Å². The van der Waals surface area contributed by atoms with Crippen LogP contribution in [0.25, 0.3) is 0 Å². The molecule has 0 radical (unpaired) electrons. The second-order valence-corrected chi connectivity index (χ2v) is 11.0. The van der Waals surface area contributed by atoms with E-state index in [0.29, 0.717) is 6.42 Å². The number of hydrogen-bond acceptors (Lipinski definition) is 6. The van der Waals surface area contributed by atoms with Gasteiger partial charge in [-0.25, -0.2) is 4.57 Å². The highest BCUT2D eigenvalue weighted by atomic mass is 31.2. The van der Waals surface area contributed by atoms with Gasteiger partial charge >= 0.3 is 19.8 Å². The van der Waals surface area contributed by atoms with E-state index in [9.17, 15) is 14.2 Å². The third-order valence-corrected chi connectivity index (χ3v) is 6.61. The van der Waals surface area contributed by atoms with Crippen molar-refractivity contribution in [2.24, 2.45) is 0 Å². The molecule has 0 aromatic carbocycles. The molecule has 36 heavy (non-hydrogen) atoms. The van der Waals surface area contributed by atoms with Crippen molar-refractivity contribution in [1.82, 2.24) is 0 Å². The molecular formula is C27H53O8P. The van der Waals surface area contributed by atoms with Gasteiger partial charge in [0, 0.05) is 12.8 Å². The average molecular weight is 537 g/mol. The fourth-order valence-electron chi connectivity index (χ4n) is 3.96. The molecule has 0 fully saturated rings. The van der Waals surface area contributed by atoms with Gasteiger partial charge in [0.25, 0.3) is 0 Å². The monoisotopic (exact) mass is 536 g/mol. The van der Waals surface area contributed by atoms with Crippen LogP contribution in [0, 0.1) is 0 Å². The van der Waals surface area contributed by atoms with E-state index in [1.165, 1.54) is 57.8 Å². The smallest absolute Gasteiger partial charge is 0.462 e. The van der Waals surface area contributed by atoms with E-state index in [0.717, 1.165) is 51.4 Å². The minimum Gasteiger partial charge on any atom is -0.462 e. The van der Waals surface area contributed by atoms with Crippen LogP contribution in [0.3, 0.4) is 0 Å². The molecule has 0 saturated heterocycles. The second-order valence-electron chi connectivity index (χ2n) is 9.74. The van der Waals surface area contributed by atoms with Crippen LogP contribution in [-0.4, -0.2) is 41.0 Å². The Morgan fingerprint density at radius 2 is 1.00 bits per heavy atom. The summed E-state index contributed by atoms with van der Waals surface area (Å²) in [5.41, 5.74) is 0. The minimum absolute atomic E-state index is 0.218. The van der Waals surface area contributed by atoms with Crippen molar-refractivity contribution in [2.75, 3.05) is 13.2 Å². The standard InChI is InChI=1S/C27H53O8P/c1-3-5-7-9-10-11-12-13-14-15-16-18-20-22-27(29)35-25(24-34-36(30,31)32)23-33-26(28)21-19-17-8-6-4-2/h25H,3-24H2,1-2H3,(H2,30,31,32)/t25-/m1/s1. The van der Waals surface area contributed by atoms with E-state index in [2.05, 4.69) is 18.4 Å². The number of esters is 2. The van der Waals surface area contributed by atoms with Crippen LogP contribution in [0.5, 0.6) is 0 Å². The normalized spacial score (nSPS) is 12.4. The summed E-state index contributed by atoms with van der Waals surface area (Å²) in [6.07, 6.45) is 20.1. The van der Waals surface area contributed by atoms with Crippen molar-refractivity contribution in [1.29, 1.82) is 0 Å². The number of carbonyl (C=O) groups is 2. The summed E-state index contributed by atoms with van der Waals surface area (Å²) in [4.78, 5) is 42.0. The first kappa shape index (κ1) is 35.0. The Labute approximate surface area is 219 Å². The Hall–Kier alpha value is -0.950. The van der Waals surface area contributed by atoms with Gasteiger partial charge in [-0.15, -0.1) is 0 Å². The van der Waals surface area contributed by atoms with E-state index < -0.39 is 32.5 Å². The Bertz CT molecular complexity index is 578. The van der Waals surface area contributed by atoms with Crippen LogP contribution >= 0.6 is 7.82 Å². The molecular weight excluding hydrogens is 483 g/mol. The Balaban J connectivity index is 3.99. The van der Waals surface area contributed by atoms with Gasteiger partial charge in [0.2, 0.25) is 0 Å². The zero-order valence-corrected chi connectivity index (χ0v) is 23.8. The van der Waals surface area contributed by atoms with Gasteiger partial charge in [-0.3, -0.25) is 14.1 Å². The van der Waals surface area contributed by atoms with Crippen molar-refractivity contribution in [3.05, 3.63) is 0 Å². The highest BCUT2D eigenvalue weighted by Crippen LogP contribution is 2.35. The van der Waals surface area contributed by atoms with Crippen molar-refractivity contribution < 1.29 is 37.9 Å². The molecule has 0 rings (SSSR count). The predicted molar refractivity (Wildman–Crippen MR) is 143 cm³/mol. The zero-order valence-electron chi connectivity index (χ0n) is 22.9. The highest BCUT2D eigenvalue weighted by Gasteiger charge is 2.22. The summed E-state index contributed by atoms with van der Waals surface area (Å²) in [7, 11) is -4.72. The molecule has 0 aliphatic rings. The fraction of sp³-hybridized carbons (Fsp3) is 0.926. The molecule has 8 nitrogen and oxygen atoms in total. The minimum atomic E-state index is -4.72. The number of hydrogen-bond donors (Lipinski definition) is 2. The van der Waals surface area contributed by atoms with E-state index >= 15 is 0 Å². The molecule has 214 valence electrons.